The standard InChI is InChI=1S/C14H17ClN2O/c1-3-6-16-9-14-17-8-13(18-14)11-5-4-10(2)7-12(11)15/h4-5,7-8,16H,3,6,9H2,1-2H3. The largest absolute Gasteiger partial charge is 0.439 e. The van der Waals surface area contributed by atoms with Crippen LogP contribution in [0.3, 0.4) is 0 Å². The summed E-state index contributed by atoms with van der Waals surface area (Å²) in [7, 11) is 0. The van der Waals surface area contributed by atoms with E-state index in [-0.39, 0.29) is 0 Å². The van der Waals surface area contributed by atoms with Gasteiger partial charge in [-0.15, -0.1) is 0 Å². The van der Waals surface area contributed by atoms with Gasteiger partial charge in [-0.3, -0.25) is 0 Å². The summed E-state index contributed by atoms with van der Waals surface area (Å²) in [6.45, 7) is 5.75. The molecule has 2 rings (SSSR count). The van der Waals surface area contributed by atoms with Crippen molar-refractivity contribution in [2.45, 2.75) is 26.8 Å². The third-order valence-corrected chi connectivity index (χ3v) is 2.96. The number of benzene rings is 1. The molecule has 0 aliphatic carbocycles. The highest BCUT2D eigenvalue weighted by Gasteiger charge is 2.09. The zero-order valence-corrected chi connectivity index (χ0v) is 11.4. The molecule has 4 heteroatoms. The zero-order valence-electron chi connectivity index (χ0n) is 10.7. The van der Waals surface area contributed by atoms with Crippen molar-refractivity contribution >= 4 is 11.6 Å². The second kappa shape index (κ2) is 6.03. The number of hydrogen-bond donors (Lipinski definition) is 1. The van der Waals surface area contributed by atoms with Crippen molar-refractivity contribution in [1.29, 1.82) is 0 Å². The second-order valence-electron chi connectivity index (χ2n) is 4.28. The molecule has 0 radical (unpaired) electrons. The van der Waals surface area contributed by atoms with Gasteiger partial charge in [0.25, 0.3) is 0 Å². The van der Waals surface area contributed by atoms with Gasteiger partial charge in [0.15, 0.2) is 5.76 Å². The van der Waals surface area contributed by atoms with E-state index in [0.717, 1.165) is 24.1 Å². The summed E-state index contributed by atoms with van der Waals surface area (Å²) < 4.78 is 5.68. The third kappa shape index (κ3) is 3.12. The lowest BCUT2D eigenvalue weighted by Gasteiger charge is -2.01. The first-order valence-electron chi connectivity index (χ1n) is 6.12. The lowest BCUT2D eigenvalue weighted by Crippen LogP contribution is -2.13. The van der Waals surface area contributed by atoms with E-state index in [2.05, 4.69) is 17.2 Å². The Bertz CT molecular complexity index is 522. The molecule has 3 nitrogen and oxygen atoms in total. The van der Waals surface area contributed by atoms with Crippen LogP contribution in [0.25, 0.3) is 11.3 Å². The van der Waals surface area contributed by atoms with Gasteiger partial charge in [-0.25, -0.2) is 4.98 Å². The Morgan fingerprint density at radius 1 is 1.39 bits per heavy atom. The number of hydrogen-bond acceptors (Lipinski definition) is 3. The molecule has 0 saturated heterocycles. The Balaban J connectivity index is 2.13. The first-order valence-corrected chi connectivity index (χ1v) is 6.50. The number of halogens is 1. The quantitative estimate of drug-likeness (QED) is 0.835. The van der Waals surface area contributed by atoms with E-state index in [0.29, 0.717) is 23.2 Å². The Morgan fingerprint density at radius 3 is 2.94 bits per heavy atom. The fourth-order valence-electron chi connectivity index (χ4n) is 1.71. The average Bonchev–Trinajstić information content (AvgIpc) is 2.78. The topological polar surface area (TPSA) is 38.1 Å². The maximum absolute atomic E-state index is 6.20. The smallest absolute Gasteiger partial charge is 0.208 e. The van der Waals surface area contributed by atoms with Crippen LogP contribution < -0.4 is 5.32 Å². The van der Waals surface area contributed by atoms with Gasteiger partial charge in [0.05, 0.1) is 17.8 Å². The number of rotatable bonds is 5. The summed E-state index contributed by atoms with van der Waals surface area (Å²) >= 11 is 6.20. The summed E-state index contributed by atoms with van der Waals surface area (Å²) in [4.78, 5) is 4.24. The van der Waals surface area contributed by atoms with Crippen LogP contribution in [0.2, 0.25) is 5.02 Å². The highest BCUT2D eigenvalue weighted by atomic mass is 35.5. The Morgan fingerprint density at radius 2 is 2.22 bits per heavy atom. The molecule has 0 bridgehead atoms. The van der Waals surface area contributed by atoms with Crippen molar-refractivity contribution in [1.82, 2.24) is 10.3 Å². The lowest BCUT2D eigenvalue weighted by molar-refractivity contribution is 0.478. The van der Waals surface area contributed by atoms with Crippen LogP contribution >= 0.6 is 11.6 Å². The Hall–Kier alpha value is -1.32. The summed E-state index contributed by atoms with van der Waals surface area (Å²) in [6, 6.07) is 5.90. The fraction of sp³-hybridized carbons (Fsp3) is 0.357. The first kappa shape index (κ1) is 13.1. The van der Waals surface area contributed by atoms with Gasteiger partial charge in [0.2, 0.25) is 5.89 Å². The summed E-state index contributed by atoms with van der Waals surface area (Å²) in [6.07, 6.45) is 2.82. The molecule has 18 heavy (non-hydrogen) atoms. The maximum atomic E-state index is 6.20. The van der Waals surface area contributed by atoms with Crippen molar-refractivity contribution in [3.63, 3.8) is 0 Å². The molecule has 0 unspecified atom stereocenters. The molecule has 1 aromatic carbocycles. The minimum absolute atomic E-state index is 0.650. The third-order valence-electron chi connectivity index (χ3n) is 2.65. The van der Waals surface area contributed by atoms with Crippen molar-refractivity contribution in [2.24, 2.45) is 0 Å². The highest BCUT2D eigenvalue weighted by molar-refractivity contribution is 6.33. The minimum Gasteiger partial charge on any atom is -0.439 e. The van der Waals surface area contributed by atoms with Gasteiger partial charge in [-0.2, -0.15) is 0 Å². The van der Waals surface area contributed by atoms with E-state index in [4.69, 9.17) is 16.0 Å². The van der Waals surface area contributed by atoms with Gasteiger partial charge in [0, 0.05) is 5.56 Å². The summed E-state index contributed by atoms with van der Waals surface area (Å²) in [5.41, 5.74) is 2.02. The molecule has 0 aliphatic heterocycles. The summed E-state index contributed by atoms with van der Waals surface area (Å²) in [5.74, 6) is 1.41. The molecule has 0 saturated carbocycles. The second-order valence-corrected chi connectivity index (χ2v) is 4.69. The fourth-order valence-corrected chi connectivity index (χ4v) is 2.04. The molecule has 0 amide bonds. The molecule has 96 valence electrons. The molecule has 1 N–H and O–H groups in total. The van der Waals surface area contributed by atoms with Crippen molar-refractivity contribution in [3.8, 4) is 11.3 Å². The first-order chi connectivity index (χ1) is 8.70. The molecule has 0 aliphatic rings. The number of aryl methyl sites for hydroxylation is 1. The molecular weight excluding hydrogens is 248 g/mol. The molecular formula is C14H17ClN2O. The van der Waals surface area contributed by atoms with Crippen LogP contribution in [-0.2, 0) is 6.54 Å². The average molecular weight is 265 g/mol. The van der Waals surface area contributed by atoms with Crippen LogP contribution in [0.5, 0.6) is 0 Å². The monoisotopic (exact) mass is 264 g/mol. The van der Waals surface area contributed by atoms with E-state index < -0.39 is 0 Å². The summed E-state index contributed by atoms with van der Waals surface area (Å²) in [5, 5.41) is 3.94. The van der Waals surface area contributed by atoms with Gasteiger partial charge in [0.1, 0.15) is 0 Å². The van der Waals surface area contributed by atoms with Crippen LogP contribution in [0.1, 0.15) is 24.8 Å². The van der Waals surface area contributed by atoms with Crippen LogP contribution in [0.4, 0.5) is 0 Å². The van der Waals surface area contributed by atoms with Gasteiger partial charge in [-0.05, 0) is 37.6 Å². The molecule has 1 aromatic heterocycles. The van der Waals surface area contributed by atoms with E-state index in [1.807, 2.05) is 25.1 Å². The predicted octanol–water partition coefficient (Wildman–Crippen LogP) is 3.80. The van der Waals surface area contributed by atoms with E-state index in [1.54, 1.807) is 6.20 Å². The molecule has 1 heterocycles. The van der Waals surface area contributed by atoms with E-state index in [1.165, 1.54) is 0 Å². The van der Waals surface area contributed by atoms with Crippen molar-refractivity contribution < 1.29 is 4.42 Å². The van der Waals surface area contributed by atoms with Crippen LogP contribution in [-0.4, -0.2) is 11.5 Å². The van der Waals surface area contributed by atoms with Gasteiger partial charge >= 0.3 is 0 Å². The molecule has 0 fully saturated rings. The normalized spacial score (nSPS) is 10.8. The van der Waals surface area contributed by atoms with Gasteiger partial charge < -0.3 is 9.73 Å². The Labute approximate surface area is 112 Å². The predicted molar refractivity (Wildman–Crippen MR) is 73.7 cm³/mol. The SMILES string of the molecule is CCCNCc1ncc(-c2ccc(C)cc2Cl)o1. The zero-order chi connectivity index (χ0) is 13.0. The lowest BCUT2D eigenvalue weighted by atomic mass is 10.1. The van der Waals surface area contributed by atoms with Gasteiger partial charge in [-0.1, -0.05) is 24.6 Å². The number of nitrogens with one attached hydrogen (secondary N) is 1. The highest BCUT2D eigenvalue weighted by Crippen LogP contribution is 2.29. The van der Waals surface area contributed by atoms with Crippen LogP contribution in [0, 0.1) is 6.92 Å². The maximum Gasteiger partial charge on any atom is 0.208 e. The van der Waals surface area contributed by atoms with E-state index >= 15 is 0 Å². The number of aromatic nitrogens is 1. The minimum atomic E-state index is 0.650. The molecule has 2 aromatic rings. The van der Waals surface area contributed by atoms with Crippen molar-refractivity contribution in [3.05, 3.63) is 40.9 Å². The molecule has 0 atom stereocenters. The van der Waals surface area contributed by atoms with Crippen LogP contribution in [0.15, 0.2) is 28.8 Å². The number of oxazole rings is 1. The number of nitrogens with zero attached hydrogens (tertiary/aromatic N) is 1. The molecule has 0 spiro atoms. The van der Waals surface area contributed by atoms with E-state index in [9.17, 15) is 0 Å². The van der Waals surface area contributed by atoms with Crippen molar-refractivity contribution in [2.75, 3.05) is 6.54 Å². The Kier molecular flexibility index (Phi) is 4.39.